The highest BCUT2D eigenvalue weighted by molar-refractivity contribution is 5.93. The van der Waals surface area contributed by atoms with Gasteiger partial charge in [-0.15, -0.1) is 0 Å². The number of halogens is 3. The molecular weight excluding hydrogens is 365 g/mol. The van der Waals surface area contributed by atoms with E-state index in [9.17, 15) is 18.0 Å². The Labute approximate surface area is 149 Å². The Morgan fingerprint density at radius 3 is 2.85 bits per heavy atom. The largest absolute Gasteiger partial charge is 0.493 e. The Balaban J connectivity index is 1.65. The molecule has 0 fully saturated rings. The lowest BCUT2D eigenvalue weighted by molar-refractivity contribution is -0.199. The Hall–Kier alpha value is -3.56. The van der Waals surface area contributed by atoms with Crippen LogP contribution in [0.4, 0.5) is 13.2 Å². The van der Waals surface area contributed by atoms with Gasteiger partial charge in [-0.1, -0.05) is 0 Å². The van der Waals surface area contributed by atoms with Crippen molar-refractivity contribution in [3.8, 4) is 11.1 Å². The number of alkyl halides is 3. The number of fused-ring (bicyclic) bond motifs is 1. The zero-order chi connectivity index (χ0) is 19.0. The number of pyridine rings is 1. The fraction of sp³-hybridized carbons (Fsp3) is 0.118. The molecule has 4 heterocycles. The number of furan rings is 1. The SMILES string of the molecule is O=C(On1ccc2c(-c3cnn(Cc4ccoc4)c3)ccnc21)C(F)(F)F. The molecular formula is C17H11F3N4O3. The number of nitrogens with zero attached hydrogens (tertiary/aromatic N) is 4. The summed E-state index contributed by atoms with van der Waals surface area (Å²) in [6.45, 7) is 0.509. The van der Waals surface area contributed by atoms with Gasteiger partial charge in [0.25, 0.3) is 0 Å². The maximum atomic E-state index is 12.4. The molecule has 0 radical (unpaired) electrons. The van der Waals surface area contributed by atoms with Crippen LogP contribution in [0, 0.1) is 0 Å². The van der Waals surface area contributed by atoms with Crippen molar-refractivity contribution in [1.29, 1.82) is 0 Å². The summed E-state index contributed by atoms with van der Waals surface area (Å²) in [5.74, 6) is -2.32. The molecule has 0 spiro atoms. The first kappa shape index (κ1) is 16.9. The molecule has 0 saturated carbocycles. The predicted molar refractivity (Wildman–Crippen MR) is 86.4 cm³/mol. The second-order valence-electron chi connectivity index (χ2n) is 5.67. The third-order valence-corrected chi connectivity index (χ3v) is 3.84. The minimum atomic E-state index is -5.09. The highest BCUT2D eigenvalue weighted by Gasteiger charge is 2.42. The molecule has 0 aliphatic carbocycles. The van der Waals surface area contributed by atoms with Crippen molar-refractivity contribution in [2.45, 2.75) is 12.7 Å². The molecule has 10 heteroatoms. The van der Waals surface area contributed by atoms with Crippen LogP contribution in [0.3, 0.4) is 0 Å². The molecule has 0 N–H and O–H groups in total. The topological polar surface area (TPSA) is 75.1 Å². The second-order valence-corrected chi connectivity index (χ2v) is 5.67. The van der Waals surface area contributed by atoms with Gasteiger partial charge in [0, 0.05) is 35.1 Å². The van der Waals surface area contributed by atoms with Crippen molar-refractivity contribution in [2.24, 2.45) is 0 Å². The van der Waals surface area contributed by atoms with Crippen molar-refractivity contribution in [3.05, 3.63) is 61.1 Å². The van der Waals surface area contributed by atoms with Gasteiger partial charge in [0.1, 0.15) is 0 Å². The van der Waals surface area contributed by atoms with Gasteiger partial charge < -0.3 is 9.25 Å². The first-order valence-electron chi connectivity index (χ1n) is 7.71. The van der Waals surface area contributed by atoms with E-state index in [1.165, 1.54) is 18.5 Å². The smallest absolute Gasteiger partial charge is 0.472 e. The van der Waals surface area contributed by atoms with Gasteiger partial charge in [-0.3, -0.25) is 4.68 Å². The standard InChI is InChI=1S/C17H11F3N4O3/c18-17(19,20)16(25)27-24-5-2-14-13(1-4-21-15(14)24)12-7-22-23(9-12)8-11-3-6-26-10-11/h1-7,9-10H,8H2. The van der Waals surface area contributed by atoms with Crippen LogP contribution in [0.1, 0.15) is 5.56 Å². The van der Waals surface area contributed by atoms with Gasteiger partial charge in [-0.05, 0) is 23.8 Å². The average Bonchev–Trinajstić information content (AvgIpc) is 3.36. The van der Waals surface area contributed by atoms with E-state index in [-0.39, 0.29) is 5.65 Å². The fourth-order valence-corrected chi connectivity index (χ4v) is 2.64. The van der Waals surface area contributed by atoms with E-state index < -0.39 is 12.1 Å². The summed E-state index contributed by atoms with van der Waals surface area (Å²) in [5, 5.41) is 4.80. The summed E-state index contributed by atoms with van der Waals surface area (Å²) in [4.78, 5) is 19.4. The van der Waals surface area contributed by atoms with E-state index >= 15 is 0 Å². The minimum Gasteiger partial charge on any atom is -0.472 e. The van der Waals surface area contributed by atoms with Gasteiger partial charge in [0.05, 0.1) is 25.3 Å². The fourth-order valence-electron chi connectivity index (χ4n) is 2.64. The quantitative estimate of drug-likeness (QED) is 0.547. The molecule has 4 rings (SSSR count). The zero-order valence-electron chi connectivity index (χ0n) is 13.6. The third kappa shape index (κ3) is 3.28. The molecule has 4 aromatic rings. The Morgan fingerprint density at radius 2 is 2.11 bits per heavy atom. The van der Waals surface area contributed by atoms with Crippen LogP contribution in [0.2, 0.25) is 0 Å². The van der Waals surface area contributed by atoms with Crippen LogP contribution in [0.15, 0.2) is 59.9 Å². The zero-order valence-corrected chi connectivity index (χ0v) is 13.6. The van der Waals surface area contributed by atoms with E-state index in [4.69, 9.17) is 4.42 Å². The summed E-state index contributed by atoms with van der Waals surface area (Å²) in [6.07, 6.45) is 4.14. The van der Waals surface area contributed by atoms with Crippen LogP contribution in [-0.2, 0) is 11.3 Å². The number of rotatable bonds is 4. The predicted octanol–water partition coefficient (Wildman–Crippen LogP) is 3.06. The molecule has 0 unspecified atom stereocenters. The maximum Gasteiger partial charge on any atom is 0.493 e. The average molecular weight is 376 g/mol. The molecule has 27 heavy (non-hydrogen) atoms. The summed E-state index contributed by atoms with van der Waals surface area (Å²) in [6, 6.07) is 5.05. The lowest BCUT2D eigenvalue weighted by atomic mass is 10.1. The molecule has 7 nitrogen and oxygen atoms in total. The van der Waals surface area contributed by atoms with Crippen molar-refractivity contribution in [3.63, 3.8) is 0 Å². The van der Waals surface area contributed by atoms with E-state index in [1.54, 1.807) is 35.7 Å². The molecule has 0 aliphatic rings. The Bertz CT molecular complexity index is 1100. The van der Waals surface area contributed by atoms with E-state index in [0.717, 1.165) is 11.1 Å². The third-order valence-electron chi connectivity index (χ3n) is 3.84. The van der Waals surface area contributed by atoms with Crippen LogP contribution in [0.25, 0.3) is 22.2 Å². The molecule has 4 aromatic heterocycles. The highest BCUT2D eigenvalue weighted by atomic mass is 19.4. The Kier molecular flexibility index (Phi) is 3.94. The maximum absolute atomic E-state index is 12.4. The van der Waals surface area contributed by atoms with Crippen LogP contribution >= 0.6 is 0 Å². The summed E-state index contributed by atoms with van der Waals surface area (Å²) < 4.78 is 44.7. The van der Waals surface area contributed by atoms with Crippen molar-refractivity contribution >= 4 is 17.0 Å². The van der Waals surface area contributed by atoms with Gasteiger partial charge >= 0.3 is 12.1 Å². The first-order chi connectivity index (χ1) is 12.9. The van der Waals surface area contributed by atoms with E-state index in [0.29, 0.717) is 22.2 Å². The molecule has 0 bridgehead atoms. The Morgan fingerprint density at radius 1 is 1.26 bits per heavy atom. The van der Waals surface area contributed by atoms with E-state index in [1.807, 2.05) is 6.07 Å². The molecule has 0 saturated heterocycles. The van der Waals surface area contributed by atoms with Crippen LogP contribution < -0.4 is 4.84 Å². The van der Waals surface area contributed by atoms with Crippen molar-refractivity contribution in [2.75, 3.05) is 0 Å². The second kappa shape index (κ2) is 6.31. The van der Waals surface area contributed by atoms with E-state index in [2.05, 4.69) is 14.9 Å². The van der Waals surface area contributed by atoms with Gasteiger partial charge in [-0.25, -0.2) is 9.78 Å². The van der Waals surface area contributed by atoms with Crippen molar-refractivity contribution in [1.82, 2.24) is 19.5 Å². The molecule has 0 aromatic carbocycles. The number of hydrogen-bond acceptors (Lipinski definition) is 5. The molecule has 138 valence electrons. The minimum absolute atomic E-state index is 0.0904. The van der Waals surface area contributed by atoms with Crippen LogP contribution in [0.5, 0.6) is 0 Å². The summed E-state index contributed by atoms with van der Waals surface area (Å²) in [5.41, 5.74) is 2.47. The number of hydrogen-bond donors (Lipinski definition) is 0. The lowest BCUT2D eigenvalue weighted by Crippen LogP contribution is -2.33. The number of aromatic nitrogens is 4. The monoisotopic (exact) mass is 376 g/mol. The molecule has 0 amide bonds. The first-order valence-corrected chi connectivity index (χ1v) is 7.71. The molecule has 0 atom stereocenters. The van der Waals surface area contributed by atoms with Crippen molar-refractivity contribution < 1.29 is 27.2 Å². The van der Waals surface area contributed by atoms with Crippen LogP contribution in [-0.4, -0.2) is 31.6 Å². The summed E-state index contributed by atoms with van der Waals surface area (Å²) in [7, 11) is 0. The van der Waals surface area contributed by atoms with Gasteiger partial charge in [-0.2, -0.15) is 23.0 Å². The van der Waals surface area contributed by atoms with Gasteiger partial charge in [0.15, 0.2) is 5.65 Å². The molecule has 0 aliphatic heterocycles. The number of carbonyl (C=O) groups is 1. The number of carbonyl (C=O) groups excluding carboxylic acids is 1. The normalized spacial score (nSPS) is 11.8. The highest BCUT2D eigenvalue weighted by Crippen LogP contribution is 2.28. The lowest BCUT2D eigenvalue weighted by Gasteiger charge is -2.08. The van der Waals surface area contributed by atoms with Gasteiger partial charge in [0.2, 0.25) is 0 Å². The summed E-state index contributed by atoms with van der Waals surface area (Å²) >= 11 is 0.